The van der Waals surface area contributed by atoms with Gasteiger partial charge in [-0.25, -0.2) is 4.98 Å². The molecule has 0 atom stereocenters. The Kier molecular flexibility index (Phi) is 5.52. The molecule has 7 heteroatoms. The zero-order valence-corrected chi connectivity index (χ0v) is 19.8. The average molecular weight is 510 g/mol. The molecule has 0 aliphatic heterocycles. The van der Waals surface area contributed by atoms with Crippen LogP contribution in [0.2, 0.25) is 5.02 Å². The predicted molar refractivity (Wildman–Crippen MR) is 134 cm³/mol. The van der Waals surface area contributed by atoms with Crippen molar-refractivity contribution in [1.29, 1.82) is 0 Å². The van der Waals surface area contributed by atoms with E-state index in [2.05, 4.69) is 72.7 Å². The van der Waals surface area contributed by atoms with Crippen molar-refractivity contribution in [1.82, 2.24) is 14.5 Å². The summed E-state index contributed by atoms with van der Waals surface area (Å²) in [6.07, 6.45) is 4.00. The van der Waals surface area contributed by atoms with E-state index in [0.717, 1.165) is 49.2 Å². The maximum absolute atomic E-state index is 6.05. The van der Waals surface area contributed by atoms with Crippen molar-refractivity contribution >= 4 is 60.6 Å². The highest BCUT2D eigenvalue weighted by atomic mass is 79.9. The number of rotatable bonds is 5. The van der Waals surface area contributed by atoms with Gasteiger partial charge in [0.1, 0.15) is 0 Å². The van der Waals surface area contributed by atoms with Gasteiger partial charge in [0.2, 0.25) is 0 Å². The second-order valence-electron chi connectivity index (χ2n) is 7.31. The summed E-state index contributed by atoms with van der Waals surface area (Å²) >= 11 is 11.3. The Morgan fingerprint density at radius 2 is 1.94 bits per heavy atom. The summed E-state index contributed by atoms with van der Waals surface area (Å²) in [6.45, 7) is 2.74. The molecule has 0 unspecified atom stereocenters. The standard InChI is InChI=1S/C24H18BrClN4S/c1-15-2-8-19(11-27-15)28-24-29-22(14-31-24)21-13-30(12-16-3-6-18(26)7-4-16)23-9-5-17(25)10-20(21)23/h2-11,13-14H,12H2,1H3,(H,28,29). The molecule has 0 aliphatic carbocycles. The summed E-state index contributed by atoms with van der Waals surface area (Å²) in [5, 5.41) is 8.19. The third-order valence-electron chi connectivity index (χ3n) is 5.05. The Morgan fingerprint density at radius 3 is 2.71 bits per heavy atom. The minimum Gasteiger partial charge on any atom is -0.342 e. The number of nitrogens with one attached hydrogen (secondary N) is 1. The Hall–Kier alpha value is -2.67. The average Bonchev–Trinajstić information content (AvgIpc) is 3.36. The summed E-state index contributed by atoms with van der Waals surface area (Å²) in [4.78, 5) is 9.18. The first kappa shape index (κ1) is 20.2. The lowest BCUT2D eigenvalue weighted by Crippen LogP contribution is -1.97. The molecule has 4 nitrogen and oxygen atoms in total. The first-order valence-corrected chi connectivity index (χ1v) is 11.8. The van der Waals surface area contributed by atoms with Crippen LogP contribution in [0.25, 0.3) is 22.2 Å². The fourth-order valence-corrected chi connectivity index (χ4v) is 4.73. The summed E-state index contributed by atoms with van der Waals surface area (Å²) in [5.74, 6) is 0. The van der Waals surface area contributed by atoms with Gasteiger partial charge in [0.25, 0.3) is 0 Å². The second kappa shape index (κ2) is 8.46. The molecule has 3 aromatic heterocycles. The number of pyridine rings is 1. The number of hydrogen-bond acceptors (Lipinski definition) is 4. The first-order chi connectivity index (χ1) is 15.0. The molecule has 0 bridgehead atoms. The van der Waals surface area contributed by atoms with Crippen LogP contribution in [-0.2, 0) is 6.54 Å². The van der Waals surface area contributed by atoms with Crippen molar-refractivity contribution < 1.29 is 0 Å². The van der Waals surface area contributed by atoms with Crippen molar-refractivity contribution in [2.75, 3.05) is 5.32 Å². The monoisotopic (exact) mass is 508 g/mol. The van der Waals surface area contributed by atoms with Gasteiger partial charge in [-0.15, -0.1) is 11.3 Å². The molecule has 3 heterocycles. The summed E-state index contributed by atoms with van der Waals surface area (Å²) < 4.78 is 3.31. The van der Waals surface area contributed by atoms with Gasteiger partial charge in [0.15, 0.2) is 5.13 Å². The number of halogens is 2. The van der Waals surface area contributed by atoms with Crippen LogP contribution < -0.4 is 5.32 Å². The van der Waals surface area contributed by atoms with Gasteiger partial charge in [-0.1, -0.05) is 39.7 Å². The maximum Gasteiger partial charge on any atom is 0.187 e. The lowest BCUT2D eigenvalue weighted by molar-refractivity contribution is 0.837. The van der Waals surface area contributed by atoms with Gasteiger partial charge in [-0.2, -0.15) is 0 Å². The SMILES string of the molecule is Cc1ccc(Nc2nc(-c3cn(Cc4ccc(Cl)cc4)c4ccc(Br)cc34)cs2)cn1. The molecule has 1 N–H and O–H groups in total. The van der Waals surface area contributed by atoms with Gasteiger partial charge >= 0.3 is 0 Å². The Labute approximate surface area is 197 Å². The molecule has 5 rings (SSSR count). The van der Waals surface area contributed by atoms with Crippen molar-refractivity contribution in [3.63, 3.8) is 0 Å². The molecular formula is C24H18BrClN4S. The first-order valence-electron chi connectivity index (χ1n) is 9.73. The van der Waals surface area contributed by atoms with Crippen LogP contribution >= 0.6 is 38.9 Å². The van der Waals surface area contributed by atoms with Crippen molar-refractivity contribution in [2.24, 2.45) is 0 Å². The number of aromatic nitrogens is 3. The van der Waals surface area contributed by atoms with Crippen LogP contribution in [0, 0.1) is 6.92 Å². The number of aryl methyl sites for hydroxylation is 1. The summed E-state index contributed by atoms with van der Waals surface area (Å²) in [5.41, 5.74) is 6.34. The normalized spacial score (nSPS) is 11.2. The van der Waals surface area contributed by atoms with E-state index >= 15 is 0 Å². The van der Waals surface area contributed by atoms with E-state index in [4.69, 9.17) is 16.6 Å². The minimum absolute atomic E-state index is 0.747. The van der Waals surface area contributed by atoms with Crippen molar-refractivity contribution in [2.45, 2.75) is 13.5 Å². The van der Waals surface area contributed by atoms with Crippen LogP contribution in [0.15, 0.2) is 76.8 Å². The Balaban J connectivity index is 1.51. The molecule has 0 saturated carbocycles. The molecule has 5 aromatic rings. The minimum atomic E-state index is 0.747. The summed E-state index contributed by atoms with van der Waals surface area (Å²) in [7, 11) is 0. The van der Waals surface area contributed by atoms with Crippen molar-refractivity contribution in [3.8, 4) is 11.3 Å². The molecule has 0 aliphatic rings. The number of hydrogen-bond donors (Lipinski definition) is 1. The molecule has 154 valence electrons. The third-order valence-corrected chi connectivity index (χ3v) is 6.56. The number of fused-ring (bicyclic) bond motifs is 1. The highest BCUT2D eigenvalue weighted by molar-refractivity contribution is 9.10. The lowest BCUT2D eigenvalue weighted by Gasteiger charge is -2.06. The van der Waals surface area contributed by atoms with Crippen LogP contribution in [-0.4, -0.2) is 14.5 Å². The van der Waals surface area contributed by atoms with Gasteiger partial charge in [-0.05, 0) is 55.0 Å². The maximum atomic E-state index is 6.05. The van der Waals surface area contributed by atoms with Crippen LogP contribution in [0.1, 0.15) is 11.3 Å². The molecule has 0 amide bonds. The molecule has 0 spiro atoms. The fourth-order valence-electron chi connectivity index (χ4n) is 3.51. The predicted octanol–water partition coefficient (Wildman–Crippen LogP) is 7.68. The fraction of sp³-hybridized carbons (Fsp3) is 0.0833. The van der Waals surface area contributed by atoms with E-state index in [9.17, 15) is 0 Å². The molecule has 0 saturated heterocycles. The molecule has 2 aromatic carbocycles. The lowest BCUT2D eigenvalue weighted by atomic mass is 10.1. The van der Waals surface area contributed by atoms with Crippen molar-refractivity contribution in [3.05, 3.63) is 93.1 Å². The number of benzene rings is 2. The van der Waals surface area contributed by atoms with E-state index in [1.54, 1.807) is 11.3 Å². The highest BCUT2D eigenvalue weighted by Crippen LogP contribution is 2.35. The van der Waals surface area contributed by atoms with E-state index in [0.29, 0.717) is 0 Å². The largest absolute Gasteiger partial charge is 0.342 e. The topological polar surface area (TPSA) is 42.7 Å². The van der Waals surface area contributed by atoms with E-state index in [-0.39, 0.29) is 0 Å². The number of thiazole rings is 1. The molecular weight excluding hydrogens is 492 g/mol. The van der Waals surface area contributed by atoms with Gasteiger partial charge in [0, 0.05) is 49.8 Å². The highest BCUT2D eigenvalue weighted by Gasteiger charge is 2.14. The quantitative estimate of drug-likeness (QED) is 0.264. The molecule has 0 radical (unpaired) electrons. The van der Waals surface area contributed by atoms with E-state index < -0.39 is 0 Å². The van der Waals surface area contributed by atoms with Crippen LogP contribution in [0.4, 0.5) is 10.8 Å². The third kappa shape index (κ3) is 4.37. The smallest absolute Gasteiger partial charge is 0.187 e. The van der Waals surface area contributed by atoms with Gasteiger partial charge in [-0.3, -0.25) is 4.98 Å². The summed E-state index contributed by atoms with van der Waals surface area (Å²) in [6, 6.07) is 18.3. The number of anilines is 2. The molecule has 31 heavy (non-hydrogen) atoms. The zero-order valence-electron chi connectivity index (χ0n) is 16.6. The zero-order chi connectivity index (χ0) is 21.4. The van der Waals surface area contributed by atoms with E-state index in [1.807, 2.05) is 37.4 Å². The van der Waals surface area contributed by atoms with Gasteiger partial charge < -0.3 is 9.88 Å². The molecule has 0 fully saturated rings. The number of nitrogens with zero attached hydrogens (tertiary/aromatic N) is 3. The second-order valence-corrected chi connectivity index (χ2v) is 9.52. The van der Waals surface area contributed by atoms with E-state index in [1.165, 1.54) is 11.1 Å². The van der Waals surface area contributed by atoms with Crippen LogP contribution in [0.3, 0.4) is 0 Å². The Morgan fingerprint density at radius 1 is 1.10 bits per heavy atom. The van der Waals surface area contributed by atoms with Crippen LogP contribution in [0.5, 0.6) is 0 Å². The Bertz CT molecular complexity index is 1360. The van der Waals surface area contributed by atoms with Gasteiger partial charge in [0.05, 0.1) is 17.6 Å².